The Hall–Kier alpha value is -1.82. The van der Waals surface area contributed by atoms with Gasteiger partial charge in [-0.1, -0.05) is 38.3 Å². The van der Waals surface area contributed by atoms with Crippen LogP contribution in [0.15, 0.2) is 56.2 Å². The van der Waals surface area contributed by atoms with E-state index < -0.39 is 26.0 Å². The predicted molar refractivity (Wildman–Crippen MR) is 239 cm³/mol. The number of sulfone groups is 1. The van der Waals surface area contributed by atoms with Gasteiger partial charge in [-0.15, -0.1) is 68.0 Å². The maximum absolute atomic E-state index is 14.4. The van der Waals surface area contributed by atoms with Crippen LogP contribution in [0.1, 0.15) is 22.3 Å². The monoisotopic (exact) mass is 870 g/mol. The number of thiocarbonyl (C=S) groups is 2. The third-order valence-electron chi connectivity index (χ3n) is 9.28. The van der Waals surface area contributed by atoms with E-state index >= 15 is 0 Å². The molecule has 0 aromatic carbocycles. The second-order valence-electron chi connectivity index (χ2n) is 14.1. The van der Waals surface area contributed by atoms with Crippen LogP contribution in [0.3, 0.4) is 0 Å². The molecule has 0 bridgehead atoms. The van der Waals surface area contributed by atoms with Crippen LogP contribution >= 0.6 is 92.5 Å². The molecule has 0 fully saturated rings. The molecular weight excluding hydrogens is 837 g/mol. The van der Waals surface area contributed by atoms with E-state index in [0.717, 1.165) is 52.7 Å². The van der Waals surface area contributed by atoms with Crippen molar-refractivity contribution in [1.82, 2.24) is 0 Å². The average molecular weight is 871 g/mol. The Balaban J connectivity index is 1.24. The fourth-order valence-electron chi connectivity index (χ4n) is 6.42. The number of isothiocyanates is 2. The molecule has 0 aliphatic carbocycles. The van der Waals surface area contributed by atoms with Gasteiger partial charge in [-0.2, -0.15) is 0 Å². The van der Waals surface area contributed by atoms with Crippen LogP contribution in [0.25, 0.3) is 48.8 Å². The van der Waals surface area contributed by atoms with Gasteiger partial charge in [0.2, 0.25) is 9.84 Å². The van der Waals surface area contributed by atoms with E-state index in [2.05, 4.69) is 96.7 Å². The minimum atomic E-state index is -3.66. The Bertz CT molecular complexity index is 2410. The highest BCUT2D eigenvalue weighted by Crippen LogP contribution is 2.60. The molecule has 0 saturated heterocycles. The van der Waals surface area contributed by atoms with Gasteiger partial charge in [-0.05, 0) is 108 Å². The van der Waals surface area contributed by atoms with Crippen molar-refractivity contribution in [2.24, 2.45) is 9.98 Å². The molecule has 0 atom stereocenters. The predicted octanol–water partition coefficient (Wildman–Crippen LogP) is 11.9. The molecule has 51 heavy (non-hydrogen) atoms. The molecule has 0 amide bonds. The molecule has 0 saturated carbocycles. The summed E-state index contributed by atoms with van der Waals surface area (Å²) in [5.74, 6) is 0. The third kappa shape index (κ3) is 6.45. The second-order valence-corrected chi connectivity index (χ2v) is 32.6. The van der Waals surface area contributed by atoms with Crippen molar-refractivity contribution in [3.8, 4) is 48.8 Å². The molecule has 4 nitrogen and oxygen atoms in total. The van der Waals surface area contributed by atoms with Gasteiger partial charge in [0, 0.05) is 51.4 Å². The quantitative estimate of drug-likeness (QED) is 0.0780. The third-order valence-corrected chi connectivity index (χ3v) is 28.5. The zero-order chi connectivity index (χ0) is 36.6. The van der Waals surface area contributed by atoms with Crippen molar-refractivity contribution in [3.05, 3.63) is 58.7 Å². The lowest BCUT2D eigenvalue weighted by Gasteiger charge is -2.16. The van der Waals surface area contributed by atoms with Crippen molar-refractivity contribution >= 4 is 138 Å². The molecule has 0 spiro atoms. The van der Waals surface area contributed by atoms with Crippen LogP contribution in [0.5, 0.6) is 0 Å². The van der Waals surface area contributed by atoms with Crippen molar-refractivity contribution in [2.75, 3.05) is 12.3 Å². The fourth-order valence-corrected chi connectivity index (χ4v) is 22.5. The number of hydrogen-bond acceptors (Lipinski definition) is 12. The molecule has 7 rings (SSSR count). The summed E-state index contributed by atoms with van der Waals surface area (Å²) in [4.78, 5) is 20.6. The summed E-state index contributed by atoms with van der Waals surface area (Å²) in [5.41, 5.74) is 4.07. The van der Waals surface area contributed by atoms with Crippen LogP contribution in [0, 0.1) is 27.7 Å². The molecule has 0 radical (unpaired) electrons. The summed E-state index contributed by atoms with van der Waals surface area (Å²) < 4.78 is 31.5. The van der Waals surface area contributed by atoms with E-state index in [1.165, 1.54) is 39.6 Å². The van der Waals surface area contributed by atoms with E-state index in [1.807, 2.05) is 36.5 Å². The Morgan fingerprint density at radius 2 is 0.961 bits per heavy atom. The largest absolute Gasteiger partial charge is 0.235 e. The summed E-state index contributed by atoms with van der Waals surface area (Å²) in [7, 11) is -7.14. The van der Waals surface area contributed by atoms with Gasteiger partial charge < -0.3 is 0 Å². The number of fused-ring (bicyclic) bond motifs is 3. The molecule has 1 aliphatic heterocycles. The summed E-state index contributed by atoms with van der Waals surface area (Å²) in [6, 6.07) is 13.4. The van der Waals surface area contributed by atoms with Gasteiger partial charge in [-0.3, -0.25) is 0 Å². The van der Waals surface area contributed by atoms with Crippen molar-refractivity contribution in [3.63, 3.8) is 0 Å². The average Bonchev–Trinajstić information content (AvgIpc) is 3.91. The summed E-state index contributed by atoms with van der Waals surface area (Å²) in [6.45, 7) is 17.5. The number of nitrogens with zero attached hydrogens (tertiary/aromatic N) is 2. The standard InChI is InChI=1S/C36H34N2O2S9Si2/c1-19-13-25(23-9-11-27(43-23)50(5,6)17-37-15-41)45-29(19)31-21(3)35-33(47-31)34-36(49(35,39)40)22(4)32(48-34)30-20(2)14-26(46-30)24-10-12-28(44-24)51(7,8)18-38-16-42/h9-14H,17-18H2,1-8H3. The summed E-state index contributed by atoms with van der Waals surface area (Å²) in [6.07, 6.45) is 1.47. The van der Waals surface area contributed by atoms with Crippen molar-refractivity contribution in [1.29, 1.82) is 0 Å². The fraction of sp³-hybridized carbons (Fsp3) is 0.278. The molecular formula is C36H34N2O2S9Si2. The van der Waals surface area contributed by atoms with Gasteiger partial charge in [0.25, 0.3) is 0 Å². The zero-order valence-corrected chi connectivity index (χ0v) is 38.6. The molecule has 0 N–H and O–H groups in total. The van der Waals surface area contributed by atoms with Gasteiger partial charge in [0.1, 0.15) is 16.1 Å². The molecule has 1 aliphatic rings. The first-order valence-electron chi connectivity index (χ1n) is 16.1. The van der Waals surface area contributed by atoms with E-state index in [9.17, 15) is 8.42 Å². The van der Waals surface area contributed by atoms with E-state index in [1.54, 1.807) is 45.3 Å². The highest BCUT2D eigenvalue weighted by molar-refractivity contribution is 7.92. The highest BCUT2D eigenvalue weighted by Gasteiger charge is 2.42. The Morgan fingerprint density at radius 1 is 0.569 bits per heavy atom. The molecule has 7 heterocycles. The first-order valence-corrected chi connectivity index (χ1v) is 29.7. The first-order chi connectivity index (χ1) is 24.1. The lowest BCUT2D eigenvalue weighted by molar-refractivity contribution is 0.598. The number of aliphatic imine (C=N–C) groups is 2. The van der Waals surface area contributed by atoms with Gasteiger partial charge >= 0.3 is 0 Å². The Kier molecular flexibility index (Phi) is 10.1. The SMILES string of the molecule is Cc1cc(-c2ccc([Si](C)(C)CN=C=S)s2)sc1-c1sc2c(c1C)S(=O)(=O)c1c-2sc(-c2sc(-c3ccc([Si](C)(C)CN=C=S)s3)cc2C)c1C. The lowest BCUT2D eigenvalue weighted by Crippen LogP contribution is -2.42. The maximum atomic E-state index is 14.4. The highest BCUT2D eigenvalue weighted by atomic mass is 32.2. The molecule has 15 heteroatoms. The van der Waals surface area contributed by atoms with E-state index in [-0.39, 0.29) is 0 Å². The smallest absolute Gasteiger partial charge is 0.210 e. The van der Waals surface area contributed by atoms with E-state index in [4.69, 9.17) is 24.4 Å². The van der Waals surface area contributed by atoms with Crippen LogP contribution in [-0.4, -0.2) is 47.2 Å². The van der Waals surface area contributed by atoms with Gasteiger partial charge in [0.05, 0.1) is 29.9 Å². The minimum Gasteiger partial charge on any atom is -0.235 e. The molecule has 0 unspecified atom stereocenters. The van der Waals surface area contributed by atoms with Gasteiger partial charge in [0.15, 0.2) is 0 Å². The number of aryl methyl sites for hydroxylation is 2. The zero-order valence-electron chi connectivity index (χ0n) is 29.3. The Labute approximate surface area is 336 Å². The van der Waals surface area contributed by atoms with Crippen molar-refractivity contribution < 1.29 is 8.42 Å². The Morgan fingerprint density at radius 3 is 1.33 bits per heavy atom. The van der Waals surface area contributed by atoms with Crippen LogP contribution < -0.4 is 9.00 Å². The summed E-state index contributed by atoms with van der Waals surface area (Å²) in [5, 5.41) is 5.06. The van der Waals surface area contributed by atoms with E-state index in [0.29, 0.717) is 9.79 Å². The van der Waals surface area contributed by atoms with Crippen LogP contribution in [-0.2, 0) is 9.84 Å². The molecule has 6 aromatic rings. The first kappa shape index (κ1) is 37.5. The molecule has 6 aromatic heterocycles. The number of rotatable bonds is 10. The van der Waals surface area contributed by atoms with Crippen LogP contribution in [0.4, 0.5) is 0 Å². The van der Waals surface area contributed by atoms with Gasteiger partial charge in [-0.25, -0.2) is 18.4 Å². The second kappa shape index (κ2) is 13.8. The minimum absolute atomic E-state index is 0.498. The maximum Gasteiger partial charge on any atom is 0.210 e. The normalized spacial score (nSPS) is 13.6. The van der Waals surface area contributed by atoms with Crippen molar-refractivity contribution in [2.45, 2.75) is 63.7 Å². The number of thiophene rings is 6. The summed E-state index contributed by atoms with van der Waals surface area (Å²) >= 11 is 20.1. The topological polar surface area (TPSA) is 58.9 Å². The number of hydrogen-bond donors (Lipinski definition) is 0. The lowest BCUT2D eigenvalue weighted by atomic mass is 10.1. The molecule has 262 valence electrons. The van der Waals surface area contributed by atoms with Crippen LogP contribution in [0.2, 0.25) is 26.2 Å².